The molecule has 3 aromatic heterocycles. The van der Waals surface area contributed by atoms with Crippen LogP contribution >= 0.6 is 0 Å². The number of aromatic nitrogens is 3. The van der Waals surface area contributed by atoms with Gasteiger partial charge >= 0.3 is 0 Å². The minimum absolute atomic E-state index is 0.278. The second-order valence-corrected chi connectivity index (χ2v) is 5.37. The van der Waals surface area contributed by atoms with Crippen molar-refractivity contribution in [3.63, 3.8) is 0 Å². The van der Waals surface area contributed by atoms with E-state index in [-0.39, 0.29) is 5.82 Å². The van der Waals surface area contributed by atoms with E-state index in [0.29, 0.717) is 5.56 Å². The molecule has 0 amide bonds. The molecule has 0 aliphatic rings. The molecule has 4 nitrogen and oxygen atoms in total. The van der Waals surface area contributed by atoms with Crippen LogP contribution < -0.4 is 4.40 Å². The summed E-state index contributed by atoms with van der Waals surface area (Å²) in [6.07, 6.45) is 5.31. The van der Waals surface area contributed by atoms with Gasteiger partial charge in [-0.05, 0) is 42.5 Å². The van der Waals surface area contributed by atoms with Gasteiger partial charge in [-0.3, -0.25) is 4.98 Å². The SMILES string of the molecule is N#Cc1cc[n+]2c(-c3ccncc3)c(-c3ccc(F)cc3)[nH]c2c1. The third kappa shape index (κ3) is 2.31. The molecule has 1 aromatic carbocycles. The van der Waals surface area contributed by atoms with E-state index in [2.05, 4.69) is 16.0 Å². The Hall–Kier alpha value is -3.52. The van der Waals surface area contributed by atoms with Crippen LogP contribution in [0.4, 0.5) is 4.39 Å². The van der Waals surface area contributed by atoms with E-state index in [1.54, 1.807) is 36.7 Å². The van der Waals surface area contributed by atoms with Crippen molar-refractivity contribution in [1.82, 2.24) is 9.97 Å². The Balaban J connectivity index is 2.04. The lowest BCUT2D eigenvalue weighted by atomic mass is 10.1. The summed E-state index contributed by atoms with van der Waals surface area (Å²) in [5, 5.41) is 9.11. The standard InChI is InChI=1S/C19H11FN4/c20-16-3-1-14(2-4-16)18-19(15-5-8-22-9-6-15)24-10-7-13(12-21)11-17(24)23-18/h1-11H/p+1. The first-order valence-electron chi connectivity index (χ1n) is 7.40. The van der Waals surface area contributed by atoms with Crippen molar-refractivity contribution in [3.8, 4) is 28.6 Å². The molecular formula is C19H12FN4+. The number of hydrogen-bond donors (Lipinski definition) is 1. The van der Waals surface area contributed by atoms with E-state index < -0.39 is 0 Å². The molecule has 0 saturated heterocycles. The largest absolute Gasteiger partial charge is 0.286 e. The van der Waals surface area contributed by atoms with E-state index >= 15 is 0 Å². The molecule has 3 heterocycles. The zero-order chi connectivity index (χ0) is 16.5. The van der Waals surface area contributed by atoms with Gasteiger partial charge in [0.05, 0.1) is 17.8 Å². The molecule has 0 spiro atoms. The lowest BCUT2D eigenvalue weighted by Gasteiger charge is -2.00. The maximum absolute atomic E-state index is 13.3. The van der Waals surface area contributed by atoms with Crippen LogP contribution in [0.5, 0.6) is 0 Å². The first-order valence-corrected chi connectivity index (χ1v) is 7.40. The van der Waals surface area contributed by atoms with E-state index in [0.717, 1.165) is 28.2 Å². The highest BCUT2D eigenvalue weighted by atomic mass is 19.1. The Morgan fingerprint density at radius 3 is 2.46 bits per heavy atom. The Morgan fingerprint density at radius 1 is 1.00 bits per heavy atom. The average Bonchev–Trinajstić information content (AvgIpc) is 3.01. The van der Waals surface area contributed by atoms with Crippen molar-refractivity contribution in [2.75, 3.05) is 0 Å². The van der Waals surface area contributed by atoms with Crippen LogP contribution in [0, 0.1) is 17.1 Å². The van der Waals surface area contributed by atoms with E-state index in [1.807, 2.05) is 22.7 Å². The Kier molecular flexibility index (Phi) is 3.29. The molecular weight excluding hydrogens is 303 g/mol. The number of halogens is 1. The van der Waals surface area contributed by atoms with Crippen LogP contribution in [0.25, 0.3) is 28.2 Å². The van der Waals surface area contributed by atoms with Crippen LogP contribution in [0.1, 0.15) is 5.56 Å². The number of imidazole rings is 1. The van der Waals surface area contributed by atoms with Gasteiger partial charge in [-0.2, -0.15) is 9.66 Å². The Labute approximate surface area is 137 Å². The molecule has 0 unspecified atom stereocenters. The summed E-state index contributed by atoms with van der Waals surface area (Å²) >= 11 is 0. The summed E-state index contributed by atoms with van der Waals surface area (Å²) in [5.74, 6) is -0.278. The summed E-state index contributed by atoms with van der Waals surface area (Å²) in [6, 6.07) is 15.9. The average molecular weight is 315 g/mol. The molecule has 4 aromatic rings. The third-order valence-electron chi connectivity index (χ3n) is 3.90. The molecule has 0 bridgehead atoms. The van der Waals surface area contributed by atoms with Crippen LogP contribution in [0.15, 0.2) is 67.1 Å². The minimum atomic E-state index is -0.278. The highest BCUT2D eigenvalue weighted by Gasteiger charge is 2.22. The fourth-order valence-corrected chi connectivity index (χ4v) is 2.79. The molecule has 114 valence electrons. The topological polar surface area (TPSA) is 56.6 Å². The molecule has 4 rings (SSSR count). The van der Waals surface area contributed by atoms with Gasteiger partial charge in [0, 0.05) is 29.6 Å². The van der Waals surface area contributed by atoms with Crippen LogP contribution in [0.2, 0.25) is 0 Å². The first kappa shape index (κ1) is 14.1. The molecule has 0 atom stereocenters. The predicted octanol–water partition coefficient (Wildman–Crippen LogP) is 3.49. The molecule has 0 saturated carbocycles. The number of H-pyrrole nitrogens is 1. The summed E-state index contributed by atoms with van der Waals surface area (Å²) in [6.45, 7) is 0. The second kappa shape index (κ2) is 5.60. The number of hydrogen-bond acceptors (Lipinski definition) is 2. The number of pyridine rings is 2. The zero-order valence-corrected chi connectivity index (χ0v) is 12.6. The Morgan fingerprint density at radius 2 is 1.75 bits per heavy atom. The number of nitrogens with zero attached hydrogens (tertiary/aromatic N) is 3. The summed E-state index contributed by atoms with van der Waals surface area (Å²) in [4.78, 5) is 7.41. The number of fused-ring (bicyclic) bond motifs is 1. The fraction of sp³-hybridized carbons (Fsp3) is 0. The number of aromatic amines is 1. The van der Waals surface area contributed by atoms with Crippen molar-refractivity contribution >= 4 is 5.65 Å². The van der Waals surface area contributed by atoms with Gasteiger partial charge in [0.2, 0.25) is 0 Å². The van der Waals surface area contributed by atoms with Crippen molar-refractivity contribution in [2.24, 2.45) is 0 Å². The predicted molar refractivity (Wildman–Crippen MR) is 87.3 cm³/mol. The summed E-state index contributed by atoms with van der Waals surface area (Å²) in [5.41, 5.74) is 5.00. The first-order chi connectivity index (χ1) is 11.8. The molecule has 0 aliphatic heterocycles. The molecule has 1 N–H and O–H groups in total. The van der Waals surface area contributed by atoms with Crippen LogP contribution in [-0.2, 0) is 0 Å². The van der Waals surface area contributed by atoms with Gasteiger partial charge in [0.25, 0.3) is 5.65 Å². The van der Waals surface area contributed by atoms with Crippen LogP contribution in [0.3, 0.4) is 0 Å². The maximum Gasteiger partial charge on any atom is 0.286 e. The van der Waals surface area contributed by atoms with Gasteiger partial charge in [0.1, 0.15) is 5.82 Å². The smallest absolute Gasteiger partial charge is 0.265 e. The number of nitriles is 1. The maximum atomic E-state index is 13.3. The van der Waals surface area contributed by atoms with Gasteiger partial charge in [-0.15, -0.1) is 0 Å². The number of benzene rings is 1. The third-order valence-corrected chi connectivity index (χ3v) is 3.90. The summed E-state index contributed by atoms with van der Waals surface area (Å²) in [7, 11) is 0. The molecule has 0 aliphatic carbocycles. The van der Waals surface area contributed by atoms with Crippen molar-refractivity contribution in [3.05, 3.63) is 78.5 Å². The van der Waals surface area contributed by atoms with Gasteiger partial charge in [-0.25, -0.2) is 9.37 Å². The van der Waals surface area contributed by atoms with Crippen molar-refractivity contribution in [1.29, 1.82) is 5.26 Å². The Bertz CT molecular complexity index is 1060. The second-order valence-electron chi connectivity index (χ2n) is 5.37. The van der Waals surface area contributed by atoms with Gasteiger partial charge < -0.3 is 0 Å². The van der Waals surface area contributed by atoms with Gasteiger partial charge in [-0.1, -0.05) is 0 Å². The van der Waals surface area contributed by atoms with Gasteiger partial charge in [0.15, 0.2) is 11.4 Å². The minimum Gasteiger partial charge on any atom is -0.265 e. The lowest BCUT2D eigenvalue weighted by Crippen LogP contribution is -2.21. The summed E-state index contributed by atoms with van der Waals surface area (Å²) < 4.78 is 15.3. The van der Waals surface area contributed by atoms with E-state index in [4.69, 9.17) is 5.26 Å². The number of nitrogens with one attached hydrogen (secondary N) is 1. The van der Waals surface area contributed by atoms with Crippen LogP contribution in [-0.4, -0.2) is 9.97 Å². The van der Waals surface area contributed by atoms with E-state index in [9.17, 15) is 4.39 Å². The van der Waals surface area contributed by atoms with Crippen molar-refractivity contribution in [2.45, 2.75) is 0 Å². The molecule has 0 fully saturated rings. The quantitative estimate of drug-likeness (QED) is 0.576. The fourth-order valence-electron chi connectivity index (χ4n) is 2.79. The highest BCUT2D eigenvalue weighted by molar-refractivity contribution is 5.77. The monoisotopic (exact) mass is 315 g/mol. The number of rotatable bonds is 2. The lowest BCUT2D eigenvalue weighted by molar-refractivity contribution is -0.497. The normalized spacial score (nSPS) is 10.7. The molecule has 5 heteroatoms. The highest BCUT2D eigenvalue weighted by Crippen LogP contribution is 2.29. The zero-order valence-electron chi connectivity index (χ0n) is 12.6. The van der Waals surface area contributed by atoms with Crippen molar-refractivity contribution < 1.29 is 8.79 Å². The molecule has 24 heavy (non-hydrogen) atoms. The van der Waals surface area contributed by atoms with E-state index in [1.165, 1.54) is 12.1 Å². The molecule has 0 radical (unpaired) electrons.